The Kier molecular flexibility index (Phi) is 5.83. The van der Waals surface area contributed by atoms with Crippen LogP contribution >= 0.6 is 0 Å². The van der Waals surface area contributed by atoms with Gasteiger partial charge in [0.05, 0.1) is 11.7 Å². The number of piperidine rings is 1. The van der Waals surface area contributed by atoms with Crippen LogP contribution in [0.15, 0.2) is 12.1 Å². The molecule has 1 aromatic carbocycles. The van der Waals surface area contributed by atoms with Crippen molar-refractivity contribution in [2.75, 3.05) is 18.4 Å². The number of likely N-dealkylation sites (tertiary alicyclic amines) is 1. The lowest BCUT2D eigenvalue weighted by atomic mass is 10.00. The number of phenols is 1. The van der Waals surface area contributed by atoms with E-state index < -0.39 is 0 Å². The Morgan fingerprint density at radius 3 is 2.86 bits per heavy atom. The summed E-state index contributed by atoms with van der Waals surface area (Å²) < 4.78 is 0. The van der Waals surface area contributed by atoms with Crippen molar-refractivity contribution in [2.45, 2.75) is 58.9 Å². The van der Waals surface area contributed by atoms with Gasteiger partial charge in [-0.2, -0.15) is 0 Å². The van der Waals surface area contributed by atoms with Crippen molar-refractivity contribution in [1.29, 1.82) is 0 Å². The number of phenolic OH excluding ortho intramolecular Hbond substituents is 1. The summed E-state index contributed by atoms with van der Waals surface area (Å²) in [5.41, 5.74) is 2.48. The Morgan fingerprint density at radius 1 is 1.36 bits per heavy atom. The molecule has 0 aromatic heterocycles. The van der Waals surface area contributed by atoms with Crippen LogP contribution in [-0.2, 0) is 4.79 Å². The number of hydrogen-bond donors (Lipinski definition) is 2. The quantitative estimate of drug-likeness (QED) is 0.874. The van der Waals surface area contributed by atoms with Gasteiger partial charge in [-0.3, -0.25) is 9.69 Å². The Hall–Kier alpha value is -1.55. The maximum absolute atomic E-state index is 12.7. The lowest BCUT2D eigenvalue weighted by Crippen LogP contribution is -2.47. The number of hydrogen-bond acceptors (Lipinski definition) is 3. The average Bonchev–Trinajstić information content (AvgIpc) is 2.53. The average molecular weight is 304 g/mol. The van der Waals surface area contributed by atoms with E-state index in [0.717, 1.165) is 55.6 Å². The van der Waals surface area contributed by atoms with Gasteiger partial charge in [0.2, 0.25) is 5.91 Å². The van der Waals surface area contributed by atoms with E-state index in [2.05, 4.69) is 17.1 Å². The van der Waals surface area contributed by atoms with E-state index in [1.54, 1.807) is 6.07 Å². The smallest absolute Gasteiger partial charge is 0.241 e. The topological polar surface area (TPSA) is 52.6 Å². The van der Waals surface area contributed by atoms with Gasteiger partial charge in [0.25, 0.3) is 0 Å². The molecule has 0 saturated carbocycles. The highest BCUT2D eigenvalue weighted by Crippen LogP contribution is 2.29. The normalized spacial score (nSPS) is 19.1. The molecule has 0 radical (unpaired) electrons. The highest BCUT2D eigenvalue weighted by molar-refractivity contribution is 5.96. The maximum atomic E-state index is 12.7. The molecule has 1 aliphatic heterocycles. The van der Waals surface area contributed by atoms with Crippen molar-refractivity contribution in [2.24, 2.45) is 0 Å². The van der Waals surface area contributed by atoms with Crippen LogP contribution in [0.25, 0.3) is 0 Å². The summed E-state index contributed by atoms with van der Waals surface area (Å²) in [5.74, 6) is 0.292. The van der Waals surface area contributed by atoms with Gasteiger partial charge in [-0.1, -0.05) is 25.8 Å². The summed E-state index contributed by atoms with van der Waals surface area (Å²) in [6.45, 7) is 7.98. The molecule has 4 nitrogen and oxygen atoms in total. The Balaban J connectivity index is 2.11. The van der Waals surface area contributed by atoms with E-state index in [1.165, 1.54) is 6.42 Å². The number of rotatable bonds is 5. The summed E-state index contributed by atoms with van der Waals surface area (Å²) in [5, 5.41) is 12.9. The van der Waals surface area contributed by atoms with Gasteiger partial charge in [-0.05, 0) is 57.8 Å². The van der Waals surface area contributed by atoms with Gasteiger partial charge in [-0.15, -0.1) is 0 Å². The molecule has 1 aliphatic rings. The first-order chi connectivity index (χ1) is 10.5. The van der Waals surface area contributed by atoms with E-state index in [-0.39, 0.29) is 17.7 Å². The predicted octanol–water partition coefficient (Wildman–Crippen LogP) is 3.60. The second kappa shape index (κ2) is 7.63. The van der Waals surface area contributed by atoms with Crippen molar-refractivity contribution >= 4 is 11.6 Å². The molecule has 1 atom stereocenters. The van der Waals surface area contributed by atoms with Gasteiger partial charge in [-0.25, -0.2) is 0 Å². The standard InChI is InChI=1S/C18H28N2O2/c1-4-5-11-20-12-7-6-8-15(20)18(22)19-17-13(2)9-10-16(21)14(17)3/h9-10,15,21H,4-8,11-12H2,1-3H3,(H,19,22). The molecule has 1 saturated heterocycles. The van der Waals surface area contributed by atoms with Gasteiger partial charge in [0.15, 0.2) is 0 Å². The summed E-state index contributed by atoms with van der Waals surface area (Å²) in [4.78, 5) is 15.0. The first-order valence-corrected chi connectivity index (χ1v) is 8.38. The molecule has 1 fully saturated rings. The largest absolute Gasteiger partial charge is 0.508 e. The molecule has 0 spiro atoms. The number of unbranched alkanes of at least 4 members (excludes halogenated alkanes) is 1. The lowest BCUT2D eigenvalue weighted by Gasteiger charge is -2.34. The van der Waals surface area contributed by atoms with Gasteiger partial charge < -0.3 is 10.4 Å². The number of aromatic hydroxyl groups is 1. The zero-order valence-corrected chi connectivity index (χ0v) is 14.0. The molecule has 1 amide bonds. The first-order valence-electron chi connectivity index (χ1n) is 8.38. The van der Waals surface area contributed by atoms with E-state index in [1.807, 2.05) is 19.9 Å². The second-order valence-electron chi connectivity index (χ2n) is 6.29. The van der Waals surface area contributed by atoms with E-state index in [9.17, 15) is 9.90 Å². The lowest BCUT2D eigenvalue weighted by molar-refractivity contribution is -0.122. The Morgan fingerprint density at radius 2 is 2.14 bits per heavy atom. The number of carbonyl (C=O) groups excluding carboxylic acids is 1. The third kappa shape index (κ3) is 3.80. The SMILES string of the molecule is CCCCN1CCCCC1C(=O)Nc1c(C)ccc(O)c1C. The van der Waals surface area contributed by atoms with Crippen molar-refractivity contribution < 1.29 is 9.90 Å². The van der Waals surface area contributed by atoms with Crippen molar-refractivity contribution in [1.82, 2.24) is 4.90 Å². The van der Waals surface area contributed by atoms with Crippen molar-refractivity contribution in [3.8, 4) is 5.75 Å². The Labute approximate surface area is 133 Å². The van der Waals surface area contributed by atoms with Crippen LogP contribution in [0.2, 0.25) is 0 Å². The first kappa shape index (κ1) is 16.8. The summed E-state index contributed by atoms with van der Waals surface area (Å²) in [7, 11) is 0. The zero-order valence-electron chi connectivity index (χ0n) is 14.0. The molecule has 0 aliphatic carbocycles. The molecule has 4 heteroatoms. The van der Waals surface area contributed by atoms with Crippen LogP contribution in [0.3, 0.4) is 0 Å². The van der Waals surface area contributed by atoms with E-state index >= 15 is 0 Å². The number of nitrogens with one attached hydrogen (secondary N) is 1. The van der Waals surface area contributed by atoms with Gasteiger partial charge >= 0.3 is 0 Å². The van der Waals surface area contributed by atoms with Crippen LogP contribution in [0.5, 0.6) is 5.75 Å². The van der Waals surface area contributed by atoms with Crippen LogP contribution in [0.4, 0.5) is 5.69 Å². The minimum atomic E-state index is -0.0403. The third-order valence-electron chi connectivity index (χ3n) is 4.61. The fourth-order valence-corrected chi connectivity index (χ4v) is 3.15. The fourth-order valence-electron chi connectivity index (χ4n) is 3.15. The maximum Gasteiger partial charge on any atom is 0.241 e. The molecule has 122 valence electrons. The number of anilines is 1. The number of benzene rings is 1. The highest BCUT2D eigenvalue weighted by atomic mass is 16.3. The van der Waals surface area contributed by atoms with Crippen molar-refractivity contribution in [3.63, 3.8) is 0 Å². The second-order valence-corrected chi connectivity index (χ2v) is 6.29. The van der Waals surface area contributed by atoms with Crippen LogP contribution in [0.1, 0.15) is 50.2 Å². The molecular weight excluding hydrogens is 276 g/mol. The number of aryl methyl sites for hydroxylation is 1. The zero-order chi connectivity index (χ0) is 16.1. The summed E-state index contributed by atoms with van der Waals surface area (Å²) >= 11 is 0. The summed E-state index contributed by atoms with van der Waals surface area (Å²) in [6.07, 6.45) is 5.49. The minimum absolute atomic E-state index is 0.0403. The van der Waals surface area contributed by atoms with Gasteiger partial charge in [0.1, 0.15) is 5.75 Å². The minimum Gasteiger partial charge on any atom is -0.508 e. The third-order valence-corrected chi connectivity index (χ3v) is 4.61. The number of nitrogens with zero attached hydrogens (tertiary/aromatic N) is 1. The highest BCUT2D eigenvalue weighted by Gasteiger charge is 2.28. The van der Waals surface area contributed by atoms with Crippen molar-refractivity contribution in [3.05, 3.63) is 23.3 Å². The molecule has 1 unspecified atom stereocenters. The molecule has 2 rings (SSSR count). The molecule has 2 N–H and O–H groups in total. The van der Waals surface area contributed by atoms with E-state index in [4.69, 9.17) is 0 Å². The number of amides is 1. The molecule has 0 bridgehead atoms. The predicted molar refractivity (Wildman–Crippen MR) is 90.3 cm³/mol. The Bertz CT molecular complexity index is 528. The monoisotopic (exact) mass is 304 g/mol. The molecular formula is C18H28N2O2. The van der Waals surface area contributed by atoms with Gasteiger partial charge in [0, 0.05) is 5.56 Å². The molecule has 22 heavy (non-hydrogen) atoms. The van der Waals surface area contributed by atoms with Crippen LogP contribution < -0.4 is 5.32 Å². The fraction of sp³-hybridized carbons (Fsp3) is 0.611. The van der Waals surface area contributed by atoms with Crippen LogP contribution in [-0.4, -0.2) is 35.0 Å². The molecule has 1 heterocycles. The van der Waals surface area contributed by atoms with E-state index in [0.29, 0.717) is 0 Å². The van der Waals surface area contributed by atoms with Crippen LogP contribution in [0, 0.1) is 13.8 Å². The summed E-state index contributed by atoms with van der Waals surface area (Å²) in [6, 6.07) is 3.48. The molecule has 1 aromatic rings. The number of carbonyl (C=O) groups is 1.